The zero-order valence-electron chi connectivity index (χ0n) is 13.3. The maximum Gasteiger partial charge on any atom is 0.150 e. The predicted molar refractivity (Wildman–Crippen MR) is 89.3 cm³/mol. The number of nitrogens with one attached hydrogen (secondary N) is 1. The Bertz CT molecular complexity index is 643. The third-order valence-electron chi connectivity index (χ3n) is 3.98. The number of hydrogen-bond acceptors (Lipinski definition) is 6. The van der Waals surface area contributed by atoms with Gasteiger partial charge in [0.05, 0.1) is 19.3 Å². The molecule has 1 aliphatic heterocycles. The molecule has 1 N–H and O–H groups in total. The Morgan fingerprint density at radius 3 is 3.00 bits per heavy atom. The molecule has 6 heteroatoms. The Morgan fingerprint density at radius 2 is 2.27 bits per heavy atom. The minimum absolute atomic E-state index is 0.113. The van der Waals surface area contributed by atoms with Gasteiger partial charge in [0.1, 0.15) is 11.6 Å². The van der Waals surface area contributed by atoms with Crippen LogP contribution in [0, 0.1) is 13.8 Å². The van der Waals surface area contributed by atoms with Crippen molar-refractivity contribution in [1.29, 1.82) is 0 Å². The maximum atomic E-state index is 5.69. The standard InChI is InChI=1S/C16H22N4OS/c1-11-4-7-22-14(11)9-20-5-6-21-10-13(20)16-18-12(2)8-15(17-3)19-16/h4,7-8,13H,5-6,9-10H2,1-3H3,(H,17,18,19). The van der Waals surface area contributed by atoms with Crippen LogP contribution < -0.4 is 5.32 Å². The predicted octanol–water partition coefficient (Wildman–Crippen LogP) is 2.77. The number of anilines is 1. The summed E-state index contributed by atoms with van der Waals surface area (Å²) in [5, 5.41) is 5.26. The van der Waals surface area contributed by atoms with Gasteiger partial charge in [-0.25, -0.2) is 9.97 Å². The van der Waals surface area contributed by atoms with Crippen LogP contribution in [0.3, 0.4) is 0 Å². The minimum Gasteiger partial charge on any atom is -0.378 e. The van der Waals surface area contributed by atoms with Gasteiger partial charge in [0.25, 0.3) is 0 Å². The lowest BCUT2D eigenvalue weighted by atomic mass is 10.2. The second-order valence-electron chi connectivity index (χ2n) is 5.59. The second-order valence-corrected chi connectivity index (χ2v) is 6.59. The molecule has 1 atom stereocenters. The largest absolute Gasteiger partial charge is 0.378 e. The molecule has 0 radical (unpaired) electrons. The van der Waals surface area contributed by atoms with Crippen LogP contribution in [0.1, 0.15) is 28.0 Å². The van der Waals surface area contributed by atoms with E-state index in [4.69, 9.17) is 4.74 Å². The average molecular weight is 318 g/mol. The first kappa shape index (κ1) is 15.4. The van der Waals surface area contributed by atoms with Gasteiger partial charge in [-0.1, -0.05) is 0 Å². The lowest BCUT2D eigenvalue weighted by molar-refractivity contribution is -0.0155. The summed E-state index contributed by atoms with van der Waals surface area (Å²) in [6.07, 6.45) is 0. The quantitative estimate of drug-likeness (QED) is 0.939. The molecule has 0 amide bonds. The monoisotopic (exact) mass is 318 g/mol. The van der Waals surface area contributed by atoms with Crippen molar-refractivity contribution in [3.8, 4) is 0 Å². The Balaban J connectivity index is 1.86. The molecular weight excluding hydrogens is 296 g/mol. The average Bonchev–Trinajstić information content (AvgIpc) is 2.92. The highest BCUT2D eigenvalue weighted by atomic mass is 32.1. The molecule has 2 aromatic rings. The molecule has 1 unspecified atom stereocenters. The molecule has 22 heavy (non-hydrogen) atoms. The molecule has 0 bridgehead atoms. The fraction of sp³-hybridized carbons (Fsp3) is 0.500. The van der Waals surface area contributed by atoms with Crippen molar-refractivity contribution in [2.75, 3.05) is 32.1 Å². The Hall–Kier alpha value is -1.50. The number of morpholine rings is 1. The van der Waals surface area contributed by atoms with Gasteiger partial charge in [-0.3, -0.25) is 4.90 Å². The van der Waals surface area contributed by atoms with E-state index < -0.39 is 0 Å². The van der Waals surface area contributed by atoms with Crippen LogP contribution in [0.5, 0.6) is 0 Å². The van der Waals surface area contributed by atoms with Gasteiger partial charge in [0.15, 0.2) is 0 Å². The molecule has 0 saturated carbocycles. The molecule has 1 saturated heterocycles. The van der Waals surface area contributed by atoms with Crippen LogP contribution in [0.4, 0.5) is 5.82 Å². The van der Waals surface area contributed by atoms with Gasteiger partial charge in [0.2, 0.25) is 0 Å². The van der Waals surface area contributed by atoms with Crippen LogP contribution in [-0.4, -0.2) is 41.7 Å². The van der Waals surface area contributed by atoms with E-state index in [1.165, 1.54) is 10.4 Å². The number of aromatic nitrogens is 2. The van der Waals surface area contributed by atoms with Crippen LogP contribution in [0.25, 0.3) is 0 Å². The number of rotatable bonds is 4. The Labute approximate surface area is 135 Å². The summed E-state index contributed by atoms with van der Waals surface area (Å²) >= 11 is 1.82. The van der Waals surface area contributed by atoms with Crippen molar-refractivity contribution in [2.45, 2.75) is 26.4 Å². The summed E-state index contributed by atoms with van der Waals surface area (Å²) in [6, 6.07) is 4.25. The van der Waals surface area contributed by atoms with E-state index in [0.717, 1.165) is 37.0 Å². The molecule has 3 heterocycles. The molecule has 2 aromatic heterocycles. The summed E-state index contributed by atoms with van der Waals surface area (Å²) in [6.45, 7) is 7.44. The van der Waals surface area contributed by atoms with Gasteiger partial charge in [-0.2, -0.15) is 0 Å². The van der Waals surface area contributed by atoms with Crippen LogP contribution in [0.15, 0.2) is 17.5 Å². The van der Waals surface area contributed by atoms with Crippen molar-refractivity contribution in [3.05, 3.63) is 39.5 Å². The van der Waals surface area contributed by atoms with E-state index in [1.54, 1.807) is 0 Å². The highest BCUT2D eigenvalue weighted by Crippen LogP contribution is 2.27. The third kappa shape index (κ3) is 3.29. The van der Waals surface area contributed by atoms with E-state index in [-0.39, 0.29) is 6.04 Å². The molecule has 3 rings (SSSR count). The first-order chi connectivity index (χ1) is 10.7. The van der Waals surface area contributed by atoms with E-state index in [9.17, 15) is 0 Å². The zero-order valence-corrected chi connectivity index (χ0v) is 14.1. The first-order valence-electron chi connectivity index (χ1n) is 7.55. The molecule has 1 aliphatic rings. The molecule has 0 aliphatic carbocycles. The second kappa shape index (κ2) is 6.73. The molecule has 5 nitrogen and oxygen atoms in total. The summed E-state index contributed by atoms with van der Waals surface area (Å²) in [4.78, 5) is 13.1. The minimum atomic E-state index is 0.113. The SMILES string of the molecule is CNc1cc(C)nc(C2COCCN2Cc2sccc2C)n1. The summed E-state index contributed by atoms with van der Waals surface area (Å²) in [7, 11) is 1.88. The zero-order chi connectivity index (χ0) is 15.5. The highest BCUT2D eigenvalue weighted by molar-refractivity contribution is 7.10. The van der Waals surface area contributed by atoms with Gasteiger partial charge in [-0.05, 0) is 30.9 Å². The van der Waals surface area contributed by atoms with Crippen molar-refractivity contribution in [1.82, 2.24) is 14.9 Å². The molecule has 0 spiro atoms. The summed E-state index contributed by atoms with van der Waals surface area (Å²) in [5.41, 5.74) is 2.34. The van der Waals surface area contributed by atoms with Crippen molar-refractivity contribution >= 4 is 17.2 Å². The fourth-order valence-electron chi connectivity index (χ4n) is 2.68. The van der Waals surface area contributed by atoms with Crippen molar-refractivity contribution < 1.29 is 4.74 Å². The van der Waals surface area contributed by atoms with Crippen molar-refractivity contribution in [2.24, 2.45) is 0 Å². The lowest BCUT2D eigenvalue weighted by Gasteiger charge is -2.34. The fourth-order valence-corrected chi connectivity index (χ4v) is 3.61. The van der Waals surface area contributed by atoms with E-state index in [0.29, 0.717) is 6.61 Å². The van der Waals surface area contributed by atoms with E-state index >= 15 is 0 Å². The number of nitrogens with zero attached hydrogens (tertiary/aromatic N) is 3. The van der Waals surface area contributed by atoms with Crippen LogP contribution in [-0.2, 0) is 11.3 Å². The van der Waals surface area contributed by atoms with Crippen molar-refractivity contribution in [3.63, 3.8) is 0 Å². The number of aryl methyl sites for hydroxylation is 2. The van der Waals surface area contributed by atoms with Gasteiger partial charge in [-0.15, -0.1) is 11.3 Å². The Morgan fingerprint density at radius 1 is 1.41 bits per heavy atom. The highest BCUT2D eigenvalue weighted by Gasteiger charge is 2.28. The third-order valence-corrected chi connectivity index (χ3v) is 4.99. The lowest BCUT2D eigenvalue weighted by Crippen LogP contribution is -2.40. The number of thiophene rings is 1. The maximum absolute atomic E-state index is 5.69. The summed E-state index contributed by atoms with van der Waals surface area (Å²) < 4.78 is 5.69. The molecular formula is C16H22N4OS. The van der Waals surface area contributed by atoms with Gasteiger partial charge >= 0.3 is 0 Å². The van der Waals surface area contributed by atoms with Crippen LogP contribution >= 0.6 is 11.3 Å². The normalized spacial score (nSPS) is 19.3. The smallest absolute Gasteiger partial charge is 0.150 e. The molecule has 118 valence electrons. The van der Waals surface area contributed by atoms with Crippen LogP contribution in [0.2, 0.25) is 0 Å². The first-order valence-corrected chi connectivity index (χ1v) is 8.43. The van der Waals surface area contributed by atoms with Gasteiger partial charge < -0.3 is 10.1 Å². The topological polar surface area (TPSA) is 50.3 Å². The number of hydrogen-bond donors (Lipinski definition) is 1. The van der Waals surface area contributed by atoms with Gasteiger partial charge in [0, 0.05) is 36.8 Å². The van der Waals surface area contributed by atoms with E-state index in [2.05, 4.69) is 38.6 Å². The summed E-state index contributed by atoms with van der Waals surface area (Å²) in [5.74, 6) is 1.71. The van der Waals surface area contributed by atoms with E-state index in [1.807, 2.05) is 31.4 Å². The molecule has 0 aromatic carbocycles. The number of ether oxygens (including phenoxy) is 1. The Kier molecular flexibility index (Phi) is 4.71. The molecule has 1 fully saturated rings.